The van der Waals surface area contributed by atoms with E-state index < -0.39 is 20.0 Å². The molecule has 0 radical (unpaired) electrons. The van der Waals surface area contributed by atoms with Crippen molar-refractivity contribution in [2.24, 2.45) is 0 Å². The van der Waals surface area contributed by atoms with Gasteiger partial charge in [0.25, 0.3) is 0 Å². The zero-order valence-corrected chi connectivity index (χ0v) is 15.6. The van der Waals surface area contributed by atoms with Crippen LogP contribution in [0.15, 0.2) is 30.3 Å². The van der Waals surface area contributed by atoms with E-state index in [4.69, 9.17) is 26.0 Å². The maximum Gasteiger partial charge on any atom is 0.350 e. The molecule has 3 aromatic rings. The van der Waals surface area contributed by atoms with Gasteiger partial charge in [-0.05, 0) is 12.5 Å². The number of aromatic nitrogens is 4. The summed E-state index contributed by atoms with van der Waals surface area (Å²) in [4.78, 5) is 30.7. The van der Waals surface area contributed by atoms with Gasteiger partial charge in [-0.2, -0.15) is 9.97 Å². The lowest BCUT2D eigenvalue weighted by Crippen LogP contribution is -2.19. The van der Waals surface area contributed by atoms with Crippen molar-refractivity contribution in [2.45, 2.75) is 26.0 Å². The predicted molar refractivity (Wildman–Crippen MR) is 101 cm³/mol. The van der Waals surface area contributed by atoms with E-state index in [2.05, 4.69) is 15.0 Å². The van der Waals surface area contributed by atoms with Gasteiger partial charge in [-0.15, -0.1) is 0 Å². The zero-order valence-electron chi connectivity index (χ0n) is 14.7. The van der Waals surface area contributed by atoms with Gasteiger partial charge in [0.05, 0.1) is 12.6 Å². The van der Waals surface area contributed by atoms with Crippen molar-refractivity contribution >= 4 is 30.5 Å². The first-order valence-electron chi connectivity index (χ1n) is 8.21. The number of rotatable bonds is 7. The molecule has 10 nitrogen and oxygen atoms in total. The first kappa shape index (κ1) is 19.2. The Bertz CT molecular complexity index is 987. The maximum atomic E-state index is 11.0. The number of hydrogen-bond donors (Lipinski definition) is 4. The van der Waals surface area contributed by atoms with Crippen molar-refractivity contribution in [3.63, 3.8) is 0 Å². The summed E-state index contributed by atoms with van der Waals surface area (Å²) >= 11 is 0. The summed E-state index contributed by atoms with van der Waals surface area (Å²) in [6.07, 6.45) is -0.641. The Hall–Kier alpha value is -2.52. The van der Waals surface area contributed by atoms with Crippen molar-refractivity contribution < 1.29 is 19.1 Å². The molecular weight excluding hydrogens is 371 g/mol. The van der Waals surface area contributed by atoms with Gasteiger partial charge in [-0.3, -0.25) is 4.57 Å². The number of ether oxygens (including phenoxy) is 1. The molecule has 0 bridgehead atoms. The van der Waals surface area contributed by atoms with Gasteiger partial charge in [-0.25, -0.2) is 4.98 Å². The summed E-state index contributed by atoms with van der Waals surface area (Å²) in [6, 6.07) is 9.73. The molecule has 1 atom stereocenters. The Kier molecular flexibility index (Phi) is 5.43. The lowest BCUT2D eigenvalue weighted by Gasteiger charge is -2.16. The summed E-state index contributed by atoms with van der Waals surface area (Å²) in [5.74, 6) is 0.875. The minimum atomic E-state index is -4.25. The van der Waals surface area contributed by atoms with Crippen molar-refractivity contribution in [1.82, 2.24) is 19.5 Å². The van der Waals surface area contributed by atoms with Crippen LogP contribution in [0, 0.1) is 0 Å². The summed E-state index contributed by atoms with van der Waals surface area (Å²) in [6.45, 7) is 1.98. The third-order valence-corrected chi connectivity index (χ3v) is 4.38. The fourth-order valence-electron chi connectivity index (χ4n) is 2.72. The highest BCUT2D eigenvalue weighted by Gasteiger charge is 2.20. The van der Waals surface area contributed by atoms with Gasteiger partial charge in [0, 0.05) is 6.42 Å². The van der Waals surface area contributed by atoms with Crippen LogP contribution in [-0.4, -0.2) is 41.8 Å². The Balaban J connectivity index is 1.97. The van der Waals surface area contributed by atoms with Crippen LogP contribution in [0.4, 0.5) is 11.8 Å². The van der Waals surface area contributed by atoms with E-state index in [1.807, 2.05) is 30.3 Å². The Morgan fingerprint density at radius 2 is 1.89 bits per heavy atom. The minimum absolute atomic E-state index is 0.0243. The van der Waals surface area contributed by atoms with Gasteiger partial charge < -0.3 is 30.6 Å². The molecule has 0 aliphatic heterocycles. The molecule has 3 rings (SSSR count). The Morgan fingerprint density at radius 3 is 2.56 bits per heavy atom. The lowest BCUT2D eigenvalue weighted by molar-refractivity contribution is 0.0759. The van der Waals surface area contributed by atoms with Gasteiger partial charge in [0.1, 0.15) is 12.2 Å². The van der Waals surface area contributed by atoms with Crippen LogP contribution in [0.5, 0.6) is 0 Å². The molecule has 0 saturated heterocycles. The first-order chi connectivity index (χ1) is 12.7. The molecule has 1 aromatic carbocycles. The average Bonchev–Trinajstić information content (AvgIpc) is 2.91. The highest BCUT2D eigenvalue weighted by Crippen LogP contribution is 2.34. The first-order valence-corrected chi connectivity index (χ1v) is 10.0. The lowest BCUT2D eigenvalue weighted by atomic mass is 10.1. The summed E-state index contributed by atoms with van der Waals surface area (Å²) in [7, 11) is -4.25. The second kappa shape index (κ2) is 7.61. The molecule has 0 amide bonds. The molecular formula is C16H21N6O4P. The fourth-order valence-corrected chi connectivity index (χ4v) is 3.17. The molecule has 0 spiro atoms. The van der Waals surface area contributed by atoms with Crippen LogP contribution in [0.25, 0.3) is 11.2 Å². The zero-order chi connectivity index (χ0) is 19.6. The largest absolute Gasteiger partial charge is 0.382 e. The molecule has 0 fully saturated rings. The van der Waals surface area contributed by atoms with Crippen molar-refractivity contribution in [1.29, 1.82) is 0 Å². The number of nitrogen functional groups attached to an aromatic ring is 2. The van der Waals surface area contributed by atoms with Gasteiger partial charge >= 0.3 is 7.60 Å². The molecule has 2 heterocycles. The molecule has 144 valence electrons. The van der Waals surface area contributed by atoms with E-state index in [0.717, 1.165) is 5.56 Å². The molecule has 0 aliphatic rings. The second-order valence-corrected chi connectivity index (χ2v) is 7.80. The van der Waals surface area contributed by atoms with E-state index in [9.17, 15) is 4.57 Å². The molecule has 1 unspecified atom stereocenters. The van der Waals surface area contributed by atoms with Gasteiger partial charge in [-0.1, -0.05) is 30.3 Å². The quantitative estimate of drug-likeness (QED) is 0.431. The normalized spacial score (nSPS) is 13.1. The number of nitrogens with two attached hydrogens (primary N) is 2. The Morgan fingerprint density at radius 1 is 1.19 bits per heavy atom. The highest BCUT2D eigenvalue weighted by molar-refractivity contribution is 7.51. The SMILES string of the molecule is CC(Cn1c(Cc2ccccc2)nc2c(N)nc(N)nc21)OCP(=O)(O)O. The number of benzene rings is 1. The van der Waals surface area contributed by atoms with E-state index in [-0.39, 0.29) is 18.3 Å². The monoisotopic (exact) mass is 392 g/mol. The van der Waals surface area contributed by atoms with E-state index >= 15 is 0 Å². The number of imidazole rings is 1. The number of fused-ring (bicyclic) bond motifs is 1. The third-order valence-electron chi connectivity index (χ3n) is 3.89. The summed E-state index contributed by atoms with van der Waals surface area (Å²) in [5.41, 5.74) is 13.6. The molecule has 0 aliphatic carbocycles. The summed E-state index contributed by atoms with van der Waals surface area (Å²) < 4.78 is 18.1. The average molecular weight is 392 g/mol. The van der Waals surface area contributed by atoms with Crippen LogP contribution in [0.3, 0.4) is 0 Å². The van der Waals surface area contributed by atoms with Crippen LogP contribution in [-0.2, 0) is 22.3 Å². The third kappa shape index (κ3) is 4.81. The molecule has 0 saturated carbocycles. The standard InChI is InChI=1S/C16H21N6O4P/c1-10(26-9-27(23,24)25)8-22-12(7-11-5-3-2-4-6-11)19-13-14(17)20-16(18)21-15(13)22/h2-6,10H,7-9H2,1H3,(H2,23,24,25)(H4,17,18,20,21). The Labute approximate surface area is 155 Å². The van der Waals surface area contributed by atoms with E-state index in [1.165, 1.54) is 0 Å². The topological polar surface area (TPSA) is 162 Å². The number of nitrogens with zero attached hydrogens (tertiary/aromatic N) is 4. The maximum absolute atomic E-state index is 11.0. The number of hydrogen-bond acceptors (Lipinski definition) is 7. The van der Waals surface area contributed by atoms with Crippen LogP contribution in [0.1, 0.15) is 18.3 Å². The van der Waals surface area contributed by atoms with Gasteiger partial charge in [0.2, 0.25) is 5.95 Å². The molecule has 27 heavy (non-hydrogen) atoms. The number of anilines is 2. The van der Waals surface area contributed by atoms with E-state index in [0.29, 0.717) is 23.4 Å². The summed E-state index contributed by atoms with van der Waals surface area (Å²) in [5, 5.41) is 0. The molecule has 6 N–H and O–H groups in total. The fraction of sp³-hybridized carbons (Fsp3) is 0.312. The van der Waals surface area contributed by atoms with Crippen LogP contribution >= 0.6 is 7.60 Å². The van der Waals surface area contributed by atoms with Crippen molar-refractivity contribution in [3.8, 4) is 0 Å². The van der Waals surface area contributed by atoms with Crippen molar-refractivity contribution in [2.75, 3.05) is 17.8 Å². The van der Waals surface area contributed by atoms with E-state index in [1.54, 1.807) is 11.5 Å². The smallest absolute Gasteiger partial charge is 0.350 e. The highest BCUT2D eigenvalue weighted by atomic mass is 31.2. The minimum Gasteiger partial charge on any atom is -0.382 e. The van der Waals surface area contributed by atoms with Crippen LogP contribution < -0.4 is 11.5 Å². The second-order valence-electron chi connectivity index (χ2n) is 6.21. The molecule has 2 aromatic heterocycles. The van der Waals surface area contributed by atoms with Crippen molar-refractivity contribution in [3.05, 3.63) is 41.7 Å². The van der Waals surface area contributed by atoms with Gasteiger partial charge in [0.15, 0.2) is 17.0 Å². The predicted octanol–water partition coefficient (Wildman–Crippen LogP) is 1.12. The molecule has 11 heteroatoms. The van der Waals surface area contributed by atoms with Crippen LogP contribution in [0.2, 0.25) is 0 Å².